The highest BCUT2D eigenvalue weighted by molar-refractivity contribution is 6.06. The molecule has 1 aliphatic carbocycles. The first-order valence-corrected chi connectivity index (χ1v) is 12.6. The number of carbonyl (C=O) groups excluding carboxylic acids is 1. The fourth-order valence-corrected chi connectivity index (χ4v) is 5.58. The van der Waals surface area contributed by atoms with E-state index in [9.17, 15) is 14.7 Å². The first-order valence-electron chi connectivity index (χ1n) is 12.6. The van der Waals surface area contributed by atoms with Gasteiger partial charge in [-0.15, -0.1) is 0 Å². The minimum Gasteiger partial charge on any atom is -0.402 e. The number of amidine groups is 1. The summed E-state index contributed by atoms with van der Waals surface area (Å²) in [7, 11) is 1.62. The van der Waals surface area contributed by atoms with Crippen LogP contribution in [0.1, 0.15) is 48.1 Å². The molecule has 0 saturated heterocycles. The van der Waals surface area contributed by atoms with Crippen LogP contribution in [0.25, 0.3) is 11.1 Å². The molecule has 198 valence electrons. The van der Waals surface area contributed by atoms with E-state index in [2.05, 4.69) is 28.4 Å². The SMILES string of the molecule is C/C(N)=C/C(N)=Nc1cc(-c2ccnc(N3CCn4c(cc5c4CC(C)(C)C5)C3=O)c2CO)cn(C)c1=O. The second-order valence-electron chi connectivity index (χ2n) is 10.9. The molecule has 5 rings (SSSR count). The lowest BCUT2D eigenvalue weighted by Crippen LogP contribution is -2.41. The van der Waals surface area contributed by atoms with E-state index in [1.54, 1.807) is 43.4 Å². The van der Waals surface area contributed by atoms with Crippen LogP contribution >= 0.6 is 0 Å². The van der Waals surface area contributed by atoms with E-state index < -0.39 is 0 Å². The lowest BCUT2D eigenvalue weighted by molar-refractivity contribution is 0.0962. The van der Waals surface area contributed by atoms with Gasteiger partial charge in [-0.25, -0.2) is 9.98 Å². The van der Waals surface area contributed by atoms with Gasteiger partial charge in [0.15, 0.2) is 0 Å². The third-order valence-electron chi connectivity index (χ3n) is 7.17. The van der Waals surface area contributed by atoms with Crippen LogP contribution in [0, 0.1) is 5.41 Å². The monoisotopic (exact) mass is 515 g/mol. The van der Waals surface area contributed by atoms with E-state index in [0.29, 0.717) is 47.0 Å². The van der Waals surface area contributed by atoms with Crippen molar-refractivity contribution >= 4 is 23.2 Å². The van der Waals surface area contributed by atoms with Gasteiger partial charge in [0.1, 0.15) is 23.0 Å². The Balaban J connectivity index is 1.55. The number of pyridine rings is 2. The molecule has 1 aliphatic heterocycles. The summed E-state index contributed by atoms with van der Waals surface area (Å²) in [6, 6.07) is 5.38. The largest absolute Gasteiger partial charge is 0.402 e. The predicted molar refractivity (Wildman–Crippen MR) is 147 cm³/mol. The van der Waals surface area contributed by atoms with Gasteiger partial charge in [0.25, 0.3) is 11.5 Å². The van der Waals surface area contributed by atoms with Crippen molar-refractivity contribution in [1.29, 1.82) is 0 Å². The summed E-state index contributed by atoms with van der Waals surface area (Å²) in [6.07, 6.45) is 6.65. The molecule has 5 N–H and O–H groups in total. The number of hydrogen-bond acceptors (Lipinski definition) is 6. The van der Waals surface area contributed by atoms with E-state index in [0.717, 1.165) is 12.8 Å². The maximum atomic E-state index is 13.7. The van der Waals surface area contributed by atoms with Crippen molar-refractivity contribution in [1.82, 2.24) is 14.1 Å². The molecule has 0 radical (unpaired) electrons. The summed E-state index contributed by atoms with van der Waals surface area (Å²) in [4.78, 5) is 36.8. The average molecular weight is 516 g/mol. The lowest BCUT2D eigenvalue weighted by Gasteiger charge is -2.31. The zero-order valence-electron chi connectivity index (χ0n) is 22.2. The van der Waals surface area contributed by atoms with Crippen LogP contribution in [0.2, 0.25) is 0 Å². The van der Waals surface area contributed by atoms with Crippen molar-refractivity contribution in [3.63, 3.8) is 0 Å². The summed E-state index contributed by atoms with van der Waals surface area (Å²) >= 11 is 0. The van der Waals surface area contributed by atoms with Crippen molar-refractivity contribution in [2.24, 2.45) is 28.9 Å². The number of rotatable bonds is 5. The van der Waals surface area contributed by atoms with Gasteiger partial charge in [0.05, 0.1) is 6.61 Å². The molecular weight excluding hydrogens is 482 g/mol. The number of carbonyl (C=O) groups is 1. The molecule has 10 nitrogen and oxygen atoms in total. The van der Waals surface area contributed by atoms with Crippen LogP contribution in [-0.2, 0) is 33.0 Å². The van der Waals surface area contributed by atoms with Gasteiger partial charge >= 0.3 is 0 Å². The minimum atomic E-state index is -0.341. The van der Waals surface area contributed by atoms with Gasteiger partial charge < -0.3 is 25.7 Å². The molecule has 0 saturated carbocycles. The number of nitrogens with zero attached hydrogens (tertiary/aromatic N) is 5. The number of fused-ring (bicyclic) bond motifs is 3. The number of aliphatic hydroxyl groups is 1. The molecular formula is C28H33N7O3. The minimum absolute atomic E-state index is 0.106. The fourth-order valence-electron chi connectivity index (χ4n) is 5.58. The van der Waals surface area contributed by atoms with Crippen LogP contribution in [-0.4, -0.2) is 37.5 Å². The van der Waals surface area contributed by atoms with E-state index >= 15 is 0 Å². The van der Waals surface area contributed by atoms with Crippen molar-refractivity contribution in [3.05, 3.63) is 75.2 Å². The fraction of sp³-hybridized carbons (Fsp3) is 0.357. The quantitative estimate of drug-likeness (QED) is 0.351. The number of nitrogens with two attached hydrogens (primary N) is 2. The summed E-state index contributed by atoms with van der Waals surface area (Å²) in [5.41, 5.74) is 17.0. The second-order valence-corrected chi connectivity index (χ2v) is 10.9. The van der Waals surface area contributed by atoms with Crippen LogP contribution in [0.4, 0.5) is 11.5 Å². The number of allylic oxidation sites excluding steroid dienone is 1. The van der Waals surface area contributed by atoms with Crippen LogP contribution in [0.15, 0.2) is 52.2 Å². The van der Waals surface area contributed by atoms with Crippen LogP contribution in [0.5, 0.6) is 0 Å². The lowest BCUT2D eigenvalue weighted by atomic mass is 9.90. The first-order chi connectivity index (χ1) is 18.0. The number of aliphatic hydroxyl groups excluding tert-OH is 1. The molecule has 38 heavy (non-hydrogen) atoms. The molecule has 0 fully saturated rings. The predicted octanol–water partition coefficient (Wildman–Crippen LogP) is 2.38. The first kappa shape index (κ1) is 25.5. The molecule has 0 unspecified atom stereocenters. The Labute approximate surface area is 220 Å². The van der Waals surface area contributed by atoms with Gasteiger partial charge in [-0.3, -0.25) is 14.5 Å². The Hall–Kier alpha value is -4.18. The van der Waals surface area contributed by atoms with Crippen molar-refractivity contribution in [2.75, 3.05) is 11.4 Å². The van der Waals surface area contributed by atoms with E-state index in [-0.39, 0.29) is 35.0 Å². The smallest absolute Gasteiger partial charge is 0.276 e. The third kappa shape index (κ3) is 4.41. The highest BCUT2D eigenvalue weighted by Crippen LogP contribution is 2.40. The standard InChI is InChI=1S/C28H33N7O3/c1-16(29)9-24(30)32-21-10-18(14-33(4)26(21)37)19-5-6-31-25(20(19)15-36)35-8-7-34-22(27(35)38)11-17-12-28(2,3)13-23(17)34/h5-6,9-11,14,36H,7-8,12-13,15,29H2,1-4H3,(H2,30,32)/b16-9-. The number of aryl methyl sites for hydroxylation is 1. The van der Waals surface area contributed by atoms with E-state index in [1.165, 1.54) is 21.9 Å². The van der Waals surface area contributed by atoms with E-state index in [4.69, 9.17) is 11.5 Å². The molecule has 4 heterocycles. The molecule has 0 atom stereocenters. The second kappa shape index (κ2) is 9.29. The highest BCUT2D eigenvalue weighted by atomic mass is 16.3. The third-order valence-corrected chi connectivity index (χ3v) is 7.17. The van der Waals surface area contributed by atoms with Gasteiger partial charge in [0.2, 0.25) is 0 Å². The average Bonchev–Trinajstić information content (AvgIpc) is 3.33. The number of aliphatic imine (C=N–C) groups is 1. The van der Waals surface area contributed by atoms with Crippen molar-refractivity contribution in [2.45, 2.75) is 46.8 Å². The van der Waals surface area contributed by atoms with Crippen molar-refractivity contribution in [3.8, 4) is 11.1 Å². The van der Waals surface area contributed by atoms with Crippen molar-refractivity contribution < 1.29 is 9.90 Å². The van der Waals surface area contributed by atoms with Crippen LogP contribution < -0.4 is 21.9 Å². The number of aromatic nitrogens is 3. The zero-order valence-corrected chi connectivity index (χ0v) is 22.2. The topological polar surface area (TPSA) is 145 Å². The van der Waals surface area contributed by atoms with Gasteiger partial charge in [-0.05, 0) is 60.6 Å². The molecule has 3 aromatic rings. The highest BCUT2D eigenvalue weighted by Gasteiger charge is 2.37. The summed E-state index contributed by atoms with van der Waals surface area (Å²) in [5, 5.41) is 10.4. The van der Waals surface area contributed by atoms with Gasteiger partial charge in [-0.2, -0.15) is 0 Å². The van der Waals surface area contributed by atoms with Gasteiger partial charge in [0, 0.05) is 55.0 Å². The van der Waals surface area contributed by atoms with Crippen LogP contribution in [0.3, 0.4) is 0 Å². The summed E-state index contributed by atoms with van der Waals surface area (Å²) in [5.74, 6) is 0.377. The molecule has 2 aliphatic rings. The maximum absolute atomic E-state index is 13.7. The molecule has 3 aromatic heterocycles. The Morgan fingerprint density at radius 3 is 2.68 bits per heavy atom. The normalized spacial score (nSPS) is 17.1. The Morgan fingerprint density at radius 2 is 1.97 bits per heavy atom. The number of hydrogen-bond donors (Lipinski definition) is 3. The Bertz CT molecular complexity index is 1570. The molecule has 0 aromatic carbocycles. The zero-order chi connectivity index (χ0) is 27.4. The van der Waals surface area contributed by atoms with Gasteiger partial charge in [-0.1, -0.05) is 13.8 Å². The molecule has 0 spiro atoms. The number of amides is 1. The molecule has 0 bridgehead atoms. The van der Waals surface area contributed by atoms with E-state index in [1.807, 2.05) is 6.07 Å². The Morgan fingerprint density at radius 1 is 1.21 bits per heavy atom. The summed E-state index contributed by atoms with van der Waals surface area (Å²) < 4.78 is 3.55. The maximum Gasteiger partial charge on any atom is 0.276 e. The molecule has 1 amide bonds. The Kier molecular flexibility index (Phi) is 6.22. The summed E-state index contributed by atoms with van der Waals surface area (Å²) in [6.45, 7) is 6.94. The molecule has 10 heteroatoms. The number of anilines is 1.